The number of piperidine rings is 1. The quantitative estimate of drug-likeness (QED) is 0.942. The number of benzene rings is 1. The van der Waals surface area contributed by atoms with Gasteiger partial charge < -0.3 is 14.6 Å². The summed E-state index contributed by atoms with van der Waals surface area (Å²) in [6, 6.07) is 10.0. The third-order valence-corrected chi connectivity index (χ3v) is 4.64. The molecule has 1 saturated heterocycles. The van der Waals surface area contributed by atoms with Crippen LogP contribution < -0.4 is 5.32 Å². The van der Waals surface area contributed by atoms with Crippen molar-refractivity contribution in [2.75, 3.05) is 19.6 Å². The largest absolute Gasteiger partial charge is 0.459 e. The first-order chi connectivity index (χ1) is 10.7. The van der Waals surface area contributed by atoms with E-state index < -0.39 is 0 Å². The Morgan fingerprint density at radius 2 is 2.09 bits per heavy atom. The van der Waals surface area contributed by atoms with Gasteiger partial charge in [-0.25, -0.2) is 0 Å². The highest BCUT2D eigenvalue weighted by Gasteiger charge is 2.29. The lowest BCUT2D eigenvalue weighted by molar-refractivity contribution is -0.138. The van der Waals surface area contributed by atoms with Crippen LogP contribution in [0, 0.1) is 5.92 Å². The Labute approximate surface area is 131 Å². The molecule has 1 N–H and O–H groups in total. The predicted octanol–water partition coefficient (Wildman–Crippen LogP) is 3.34. The number of carbonyl (C=O) groups is 1. The maximum absolute atomic E-state index is 12.8. The van der Waals surface area contributed by atoms with Gasteiger partial charge in [-0.2, -0.15) is 0 Å². The molecule has 1 amide bonds. The van der Waals surface area contributed by atoms with Crippen molar-refractivity contribution < 1.29 is 9.21 Å². The first kappa shape index (κ1) is 15.1. The Bertz CT molecular complexity index is 610. The first-order valence-corrected chi connectivity index (χ1v) is 8.20. The van der Waals surface area contributed by atoms with Crippen molar-refractivity contribution in [3.63, 3.8) is 0 Å². The Hall–Kier alpha value is -1.81. The molecule has 0 aliphatic carbocycles. The molecule has 1 fully saturated rings. The topological polar surface area (TPSA) is 45.5 Å². The summed E-state index contributed by atoms with van der Waals surface area (Å²) in [7, 11) is 0. The van der Waals surface area contributed by atoms with Crippen LogP contribution in [0.25, 0.3) is 11.0 Å². The summed E-state index contributed by atoms with van der Waals surface area (Å²) in [6.45, 7) is 6.68. The summed E-state index contributed by atoms with van der Waals surface area (Å²) in [5.74, 6) is 1.27. The van der Waals surface area contributed by atoms with Gasteiger partial charge in [0, 0.05) is 17.8 Å². The number of nitrogens with one attached hydrogen (secondary N) is 1. The molecule has 1 unspecified atom stereocenters. The van der Waals surface area contributed by atoms with Gasteiger partial charge >= 0.3 is 0 Å². The minimum absolute atomic E-state index is 0.0280. The molecule has 1 atom stereocenters. The number of amides is 1. The summed E-state index contributed by atoms with van der Waals surface area (Å²) in [6.07, 6.45) is 1.87. The van der Waals surface area contributed by atoms with Crippen molar-refractivity contribution in [1.29, 1.82) is 0 Å². The van der Waals surface area contributed by atoms with E-state index in [-0.39, 0.29) is 17.9 Å². The Morgan fingerprint density at radius 1 is 1.36 bits per heavy atom. The van der Waals surface area contributed by atoms with Crippen LogP contribution in [-0.4, -0.2) is 30.4 Å². The smallest absolute Gasteiger partial charge is 0.226 e. The fourth-order valence-corrected chi connectivity index (χ4v) is 3.29. The van der Waals surface area contributed by atoms with Crippen LogP contribution in [0.5, 0.6) is 0 Å². The molecule has 0 bridgehead atoms. The van der Waals surface area contributed by atoms with Crippen molar-refractivity contribution in [2.45, 2.75) is 32.7 Å². The number of hydrogen-bond acceptors (Lipinski definition) is 3. The van der Waals surface area contributed by atoms with Gasteiger partial charge in [0.25, 0.3) is 0 Å². The maximum atomic E-state index is 12.8. The minimum atomic E-state index is -0.0280. The highest BCUT2D eigenvalue weighted by Crippen LogP contribution is 2.29. The van der Waals surface area contributed by atoms with Crippen LogP contribution in [0.2, 0.25) is 0 Å². The normalized spacial score (nSPS) is 17.5. The molecule has 4 nitrogen and oxygen atoms in total. The summed E-state index contributed by atoms with van der Waals surface area (Å²) < 4.78 is 5.94. The summed E-state index contributed by atoms with van der Waals surface area (Å²) >= 11 is 0. The molecule has 2 heterocycles. The molecular formula is C18H24N2O2. The number of hydrogen-bond donors (Lipinski definition) is 1. The molecule has 22 heavy (non-hydrogen) atoms. The lowest BCUT2D eigenvalue weighted by Gasteiger charge is -2.32. The number of fused-ring (bicyclic) bond motifs is 1. The number of nitrogens with zero attached hydrogens (tertiary/aromatic N) is 1. The summed E-state index contributed by atoms with van der Waals surface area (Å²) in [5.41, 5.74) is 0.884. The lowest BCUT2D eigenvalue weighted by atomic mass is 9.95. The van der Waals surface area contributed by atoms with Gasteiger partial charge in [-0.1, -0.05) is 18.2 Å². The summed E-state index contributed by atoms with van der Waals surface area (Å²) in [4.78, 5) is 14.8. The van der Waals surface area contributed by atoms with Crippen LogP contribution in [-0.2, 0) is 4.79 Å². The number of rotatable bonds is 4. The monoisotopic (exact) mass is 300 g/mol. The molecule has 0 saturated carbocycles. The number of carbonyl (C=O) groups excluding carboxylic acids is 1. The van der Waals surface area contributed by atoms with Crippen molar-refractivity contribution in [3.8, 4) is 0 Å². The van der Waals surface area contributed by atoms with E-state index in [1.54, 1.807) is 0 Å². The van der Waals surface area contributed by atoms with Crippen LogP contribution >= 0.6 is 0 Å². The van der Waals surface area contributed by atoms with Gasteiger partial charge in [-0.15, -0.1) is 0 Å². The van der Waals surface area contributed by atoms with Crippen molar-refractivity contribution in [1.82, 2.24) is 10.2 Å². The third-order valence-electron chi connectivity index (χ3n) is 4.64. The van der Waals surface area contributed by atoms with E-state index in [4.69, 9.17) is 4.42 Å². The van der Waals surface area contributed by atoms with Crippen LogP contribution in [0.4, 0.5) is 0 Å². The van der Waals surface area contributed by atoms with E-state index in [2.05, 4.69) is 18.3 Å². The fourth-order valence-electron chi connectivity index (χ4n) is 3.29. The summed E-state index contributed by atoms with van der Waals surface area (Å²) in [5, 5.41) is 4.41. The second-order valence-corrected chi connectivity index (χ2v) is 6.01. The van der Waals surface area contributed by atoms with Crippen molar-refractivity contribution in [3.05, 3.63) is 36.1 Å². The molecule has 1 aliphatic heterocycles. The highest BCUT2D eigenvalue weighted by atomic mass is 16.3. The highest BCUT2D eigenvalue weighted by molar-refractivity contribution is 5.80. The predicted molar refractivity (Wildman–Crippen MR) is 87.6 cm³/mol. The van der Waals surface area contributed by atoms with Gasteiger partial charge in [0.05, 0.1) is 6.04 Å². The molecular weight excluding hydrogens is 276 g/mol. The molecule has 118 valence electrons. The Balaban J connectivity index is 1.80. The van der Waals surface area contributed by atoms with E-state index in [9.17, 15) is 4.79 Å². The van der Waals surface area contributed by atoms with Gasteiger partial charge in [0.15, 0.2) is 0 Å². The third kappa shape index (κ3) is 2.88. The zero-order valence-corrected chi connectivity index (χ0v) is 13.3. The molecule has 2 aromatic rings. The standard InChI is InChI=1S/C18H24N2O2/c1-3-20(18(21)14-8-10-19-11-9-14)13(2)17-12-15-6-4-5-7-16(15)22-17/h4-7,12-14,19H,3,8-11H2,1-2H3. The Morgan fingerprint density at radius 3 is 2.77 bits per heavy atom. The molecule has 3 rings (SSSR count). The molecule has 1 aliphatic rings. The van der Waals surface area contributed by atoms with E-state index in [0.29, 0.717) is 6.54 Å². The first-order valence-electron chi connectivity index (χ1n) is 8.20. The molecule has 4 heteroatoms. The fraction of sp³-hybridized carbons (Fsp3) is 0.500. The van der Waals surface area contributed by atoms with Gasteiger partial charge in [0.1, 0.15) is 11.3 Å². The zero-order chi connectivity index (χ0) is 15.5. The van der Waals surface area contributed by atoms with Crippen molar-refractivity contribution >= 4 is 16.9 Å². The maximum Gasteiger partial charge on any atom is 0.226 e. The van der Waals surface area contributed by atoms with Gasteiger partial charge in [0.2, 0.25) is 5.91 Å². The Kier molecular flexibility index (Phi) is 4.48. The second-order valence-electron chi connectivity index (χ2n) is 6.01. The minimum Gasteiger partial charge on any atom is -0.459 e. The second kappa shape index (κ2) is 6.53. The van der Waals surface area contributed by atoms with E-state index in [1.165, 1.54) is 0 Å². The molecule has 0 spiro atoms. The van der Waals surface area contributed by atoms with E-state index >= 15 is 0 Å². The number of furan rings is 1. The van der Waals surface area contributed by atoms with Crippen LogP contribution in [0.1, 0.15) is 38.5 Å². The average molecular weight is 300 g/mol. The molecule has 1 aromatic heterocycles. The van der Waals surface area contributed by atoms with Gasteiger partial charge in [-0.05, 0) is 51.9 Å². The number of para-hydroxylation sites is 1. The lowest BCUT2D eigenvalue weighted by Crippen LogP contribution is -2.42. The van der Waals surface area contributed by atoms with E-state index in [1.807, 2.05) is 36.1 Å². The van der Waals surface area contributed by atoms with Crippen LogP contribution in [0.3, 0.4) is 0 Å². The molecule has 0 radical (unpaired) electrons. The SMILES string of the molecule is CCN(C(=O)C1CCNCC1)C(C)c1cc2ccccc2o1. The average Bonchev–Trinajstić information content (AvgIpc) is 3.00. The zero-order valence-electron chi connectivity index (χ0n) is 13.3. The van der Waals surface area contributed by atoms with Crippen molar-refractivity contribution in [2.24, 2.45) is 5.92 Å². The molecule has 1 aromatic carbocycles. The van der Waals surface area contributed by atoms with Gasteiger partial charge in [-0.3, -0.25) is 4.79 Å². The van der Waals surface area contributed by atoms with Crippen LogP contribution in [0.15, 0.2) is 34.7 Å². The van der Waals surface area contributed by atoms with E-state index in [0.717, 1.165) is 42.7 Å².